The number of rotatable bonds is 6. The predicted molar refractivity (Wildman–Crippen MR) is 75.8 cm³/mol. The molecule has 1 aromatic rings. The van der Waals surface area contributed by atoms with E-state index < -0.39 is 16.0 Å². The van der Waals surface area contributed by atoms with E-state index in [-0.39, 0.29) is 22.7 Å². The number of esters is 1. The molecule has 0 aromatic heterocycles. The number of ether oxygens (including phenoxy) is 1. The first-order chi connectivity index (χ1) is 8.92. The van der Waals surface area contributed by atoms with Crippen molar-refractivity contribution in [1.29, 1.82) is 0 Å². The van der Waals surface area contributed by atoms with Crippen LogP contribution in [-0.2, 0) is 14.8 Å². The summed E-state index contributed by atoms with van der Waals surface area (Å²) >= 11 is 1.51. The monoisotopic (exact) mass is 304 g/mol. The number of carbonyl (C=O) groups excluding carboxylic acids is 1. The lowest BCUT2D eigenvalue weighted by molar-refractivity contribution is 0.0596. The van der Waals surface area contributed by atoms with E-state index in [1.54, 1.807) is 0 Å². The summed E-state index contributed by atoms with van der Waals surface area (Å²) in [6.07, 6.45) is 1.87. The molecule has 106 valence electrons. The molecule has 0 spiro atoms. The Bertz CT molecular complexity index is 558. The quantitative estimate of drug-likeness (QED) is 0.456. The molecule has 1 aromatic carbocycles. The van der Waals surface area contributed by atoms with Gasteiger partial charge in [0, 0.05) is 18.0 Å². The van der Waals surface area contributed by atoms with Crippen LogP contribution in [0.4, 0.5) is 5.69 Å². The van der Waals surface area contributed by atoms with E-state index in [2.05, 4.69) is 9.46 Å². The maximum absolute atomic E-state index is 12.1. The molecule has 0 bridgehead atoms. The molecule has 0 aliphatic heterocycles. The van der Waals surface area contributed by atoms with Crippen LogP contribution in [0, 0.1) is 0 Å². The first-order valence-corrected chi connectivity index (χ1v) is 8.26. The van der Waals surface area contributed by atoms with E-state index in [9.17, 15) is 13.2 Å². The maximum atomic E-state index is 12.1. The van der Waals surface area contributed by atoms with Crippen LogP contribution in [0.1, 0.15) is 10.4 Å². The van der Waals surface area contributed by atoms with Gasteiger partial charge in [0.15, 0.2) is 0 Å². The third-order valence-electron chi connectivity index (χ3n) is 2.30. The molecule has 0 fully saturated rings. The number of hydrogen-bond acceptors (Lipinski definition) is 6. The van der Waals surface area contributed by atoms with Gasteiger partial charge in [-0.3, -0.25) is 0 Å². The van der Waals surface area contributed by atoms with Gasteiger partial charge < -0.3 is 10.5 Å². The molecule has 19 heavy (non-hydrogen) atoms. The number of nitrogens with two attached hydrogens (primary N) is 1. The molecule has 8 heteroatoms. The summed E-state index contributed by atoms with van der Waals surface area (Å²) in [4.78, 5) is 11.4. The Morgan fingerprint density at radius 2 is 2.16 bits per heavy atom. The van der Waals surface area contributed by atoms with Crippen LogP contribution < -0.4 is 10.5 Å². The third kappa shape index (κ3) is 4.12. The summed E-state index contributed by atoms with van der Waals surface area (Å²) < 4.78 is 31.2. The van der Waals surface area contributed by atoms with Gasteiger partial charge in [-0.1, -0.05) is 0 Å². The highest BCUT2D eigenvalue weighted by Gasteiger charge is 2.22. The molecule has 0 unspecified atom stereocenters. The lowest BCUT2D eigenvalue weighted by Gasteiger charge is -2.10. The fourth-order valence-corrected chi connectivity index (χ4v) is 3.09. The van der Waals surface area contributed by atoms with Crippen molar-refractivity contribution in [2.45, 2.75) is 4.90 Å². The average Bonchev–Trinajstić information content (AvgIpc) is 2.38. The zero-order valence-electron chi connectivity index (χ0n) is 10.7. The summed E-state index contributed by atoms with van der Waals surface area (Å²) in [7, 11) is -2.59. The smallest absolute Gasteiger partial charge is 0.339 e. The highest BCUT2D eigenvalue weighted by molar-refractivity contribution is 7.98. The average molecular weight is 304 g/mol. The SMILES string of the molecule is COC(=O)c1ccc(N)cc1S(=O)(=O)NCCSC. The van der Waals surface area contributed by atoms with E-state index in [1.807, 2.05) is 6.26 Å². The number of nitrogens with one attached hydrogen (secondary N) is 1. The summed E-state index contributed by atoms with van der Waals surface area (Å²) in [5.41, 5.74) is 5.80. The number of thioether (sulfide) groups is 1. The largest absolute Gasteiger partial charge is 0.465 e. The van der Waals surface area contributed by atoms with Gasteiger partial charge in [0.1, 0.15) is 0 Å². The number of benzene rings is 1. The van der Waals surface area contributed by atoms with Crippen molar-refractivity contribution in [2.75, 3.05) is 31.4 Å². The molecule has 0 heterocycles. The Balaban J connectivity index is 3.16. The zero-order valence-corrected chi connectivity index (χ0v) is 12.3. The van der Waals surface area contributed by atoms with E-state index in [0.29, 0.717) is 5.75 Å². The van der Waals surface area contributed by atoms with Crippen LogP contribution in [0.3, 0.4) is 0 Å². The van der Waals surface area contributed by atoms with Gasteiger partial charge in [-0.2, -0.15) is 11.8 Å². The molecule has 0 amide bonds. The minimum Gasteiger partial charge on any atom is -0.465 e. The summed E-state index contributed by atoms with van der Waals surface area (Å²) in [5.74, 6) is -0.0833. The van der Waals surface area contributed by atoms with Crippen LogP contribution in [0.5, 0.6) is 0 Å². The maximum Gasteiger partial charge on any atom is 0.339 e. The van der Waals surface area contributed by atoms with Gasteiger partial charge in [-0.05, 0) is 24.5 Å². The van der Waals surface area contributed by atoms with E-state index in [4.69, 9.17) is 5.73 Å². The Kier molecular flexibility index (Phi) is 5.64. The number of carbonyl (C=O) groups is 1. The third-order valence-corrected chi connectivity index (χ3v) is 4.41. The van der Waals surface area contributed by atoms with Gasteiger partial charge in [-0.15, -0.1) is 0 Å². The second-order valence-electron chi connectivity index (χ2n) is 3.64. The minimum absolute atomic E-state index is 0.0339. The van der Waals surface area contributed by atoms with Gasteiger partial charge in [0.2, 0.25) is 10.0 Å². The van der Waals surface area contributed by atoms with Crippen LogP contribution in [0.2, 0.25) is 0 Å². The highest BCUT2D eigenvalue weighted by Crippen LogP contribution is 2.20. The van der Waals surface area contributed by atoms with Crippen molar-refractivity contribution in [3.63, 3.8) is 0 Å². The standard InChI is InChI=1S/C11H16N2O4S2/c1-17-11(14)9-4-3-8(12)7-10(9)19(15,16)13-5-6-18-2/h3-4,7,13H,5-6,12H2,1-2H3. The van der Waals surface area contributed by atoms with Crippen LogP contribution in [0.25, 0.3) is 0 Å². The molecule has 0 saturated heterocycles. The van der Waals surface area contributed by atoms with Crippen molar-refractivity contribution < 1.29 is 17.9 Å². The van der Waals surface area contributed by atoms with Gasteiger partial charge >= 0.3 is 5.97 Å². The van der Waals surface area contributed by atoms with Crippen LogP contribution in [0.15, 0.2) is 23.1 Å². The molecular formula is C11H16N2O4S2. The Morgan fingerprint density at radius 3 is 2.74 bits per heavy atom. The van der Waals surface area contributed by atoms with Crippen molar-refractivity contribution in [2.24, 2.45) is 0 Å². The lowest BCUT2D eigenvalue weighted by Crippen LogP contribution is -2.27. The van der Waals surface area contributed by atoms with Crippen molar-refractivity contribution in [1.82, 2.24) is 4.72 Å². The first-order valence-electron chi connectivity index (χ1n) is 5.39. The molecule has 0 atom stereocenters. The number of methoxy groups -OCH3 is 1. The van der Waals surface area contributed by atoms with Crippen LogP contribution in [-0.4, -0.2) is 40.1 Å². The summed E-state index contributed by atoms with van der Waals surface area (Å²) in [6.45, 7) is 0.277. The number of anilines is 1. The molecule has 6 nitrogen and oxygen atoms in total. The van der Waals surface area contributed by atoms with E-state index >= 15 is 0 Å². The normalized spacial score (nSPS) is 11.3. The minimum atomic E-state index is -3.78. The fourth-order valence-electron chi connectivity index (χ4n) is 1.40. The molecule has 0 aliphatic carbocycles. The molecule has 0 aliphatic rings. The highest BCUT2D eigenvalue weighted by atomic mass is 32.2. The van der Waals surface area contributed by atoms with E-state index in [1.165, 1.54) is 37.1 Å². The first kappa shape index (κ1) is 15.8. The number of hydrogen-bond donors (Lipinski definition) is 2. The van der Waals surface area contributed by atoms with Crippen LogP contribution >= 0.6 is 11.8 Å². The molecule has 0 radical (unpaired) electrons. The predicted octanol–water partition coefficient (Wildman–Crippen LogP) is 0.697. The lowest BCUT2D eigenvalue weighted by atomic mass is 10.2. The molecular weight excluding hydrogens is 288 g/mol. The second kappa shape index (κ2) is 6.78. The Labute approximate surface area is 116 Å². The topological polar surface area (TPSA) is 98.5 Å². The van der Waals surface area contributed by atoms with E-state index in [0.717, 1.165) is 0 Å². The molecule has 0 saturated carbocycles. The number of sulfonamides is 1. The molecule has 1 rings (SSSR count). The Hall–Kier alpha value is -1.25. The van der Waals surface area contributed by atoms with Crippen molar-refractivity contribution in [3.05, 3.63) is 23.8 Å². The Morgan fingerprint density at radius 1 is 1.47 bits per heavy atom. The summed E-state index contributed by atoms with van der Waals surface area (Å²) in [6, 6.07) is 4.03. The second-order valence-corrected chi connectivity index (χ2v) is 6.36. The van der Waals surface area contributed by atoms with Crippen molar-refractivity contribution >= 4 is 33.4 Å². The van der Waals surface area contributed by atoms with Gasteiger partial charge in [0.05, 0.1) is 17.6 Å². The van der Waals surface area contributed by atoms with Gasteiger partial charge in [0.25, 0.3) is 0 Å². The summed E-state index contributed by atoms with van der Waals surface area (Å²) in [5, 5.41) is 0. The van der Waals surface area contributed by atoms with Gasteiger partial charge in [-0.25, -0.2) is 17.9 Å². The molecule has 3 N–H and O–H groups in total. The fraction of sp³-hybridized carbons (Fsp3) is 0.364. The number of nitrogen functional groups attached to an aromatic ring is 1. The zero-order chi connectivity index (χ0) is 14.5. The van der Waals surface area contributed by atoms with Crippen molar-refractivity contribution in [3.8, 4) is 0 Å².